The SMILES string of the molecule is NC1CCC(C(=O)N2CCN(CCC(=O)O)CC2)CC1. The minimum atomic E-state index is -0.762. The third kappa shape index (κ3) is 4.18. The Morgan fingerprint density at radius 1 is 1.05 bits per heavy atom. The van der Waals surface area contributed by atoms with Crippen LogP contribution >= 0.6 is 0 Å². The average molecular weight is 283 g/mol. The number of nitrogens with two attached hydrogens (primary N) is 1. The quantitative estimate of drug-likeness (QED) is 0.765. The van der Waals surface area contributed by atoms with Gasteiger partial charge in [0.15, 0.2) is 0 Å². The molecule has 0 radical (unpaired) electrons. The highest BCUT2D eigenvalue weighted by molar-refractivity contribution is 5.79. The van der Waals surface area contributed by atoms with Crippen LogP contribution in [0.3, 0.4) is 0 Å². The van der Waals surface area contributed by atoms with Gasteiger partial charge in [-0.3, -0.25) is 14.5 Å². The van der Waals surface area contributed by atoms with Gasteiger partial charge in [-0.1, -0.05) is 0 Å². The zero-order valence-corrected chi connectivity index (χ0v) is 12.0. The Bertz CT molecular complexity index is 346. The van der Waals surface area contributed by atoms with E-state index in [-0.39, 0.29) is 24.3 Å². The van der Waals surface area contributed by atoms with Crippen molar-refractivity contribution in [3.63, 3.8) is 0 Å². The van der Waals surface area contributed by atoms with Crippen molar-refractivity contribution in [3.05, 3.63) is 0 Å². The second-order valence-electron chi connectivity index (χ2n) is 5.92. The molecule has 3 N–H and O–H groups in total. The zero-order valence-electron chi connectivity index (χ0n) is 12.0. The van der Waals surface area contributed by atoms with Gasteiger partial charge < -0.3 is 15.7 Å². The second kappa shape index (κ2) is 7.04. The monoisotopic (exact) mass is 283 g/mol. The molecule has 1 saturated carbocycles. The normalized spacial score (nSPS) is 28.4. The summed E-state index contributed by atoms with van der Waals surface area (Å²) in [6.45, 7) is 3.59. The smallest absolute Gasteiger partial charge is 0.304 e. The van der Waals surface area contributed by atoms with Gasteiger partial charge in [-0.15, -0.1) is 0 Å². The number of amides is 1. The molecule has 0 aromatic heterocycles. The number of piperazine rings is 1. The summed E-state index contributed by atoms with van der Waals surface area (Å²) < 4.78 is 0. The van der Waals surface area contributed by atoms with Crippen LogP contribution in [-0.4, -0.2) is 65.5 Å². The van der Waals surface area contributed by atoms with Gasteiger partial charge in [-0.05, 0) is 25.7 Å². The van der Waals surface area contributed by atoms with Gasteiger partial charge in [0.05, 0.1) is 6.42 Å². The first kappa shape index (κ1) is 15.3. The van der Waals surface area contributed by atoms with E-state index in [1.165, 1.54) is 0 Å². The summed E-state index contributed by atoms with van der Waals surface area (Å²) in [6.07, 6.45) is 3.91. The Morgan fingerprint density at radius 2 is 1.65 bits per heavy atom. The molecule has 0 aromatic carbocycles. The lowest BCUT2D eigenvalue weighted by Crippen LogP contribution is -2.51. The highest BCUT2D eigenvalue weighted by Gasteiger charge is 2.30. The van der Waals surface area contributed by atoms with Crippen LogP contribution in [0.4, 0.5) is 0 Å². The Kier molecular flexibility index (Phi) is 5.37. The predicted octanol–water partition coefficient (Wildman–Crippen LogP) is 0.123. The molecular formula is C14H25N3O3. The van der Waals surface area contributed by atoms with Crippen molar-refractivity contribution in [3.8, 4) is 0 Å². The Morgan fingerprint density at radius 3 is 2.20 bits per heavy atom. The number of carbonyl (C=O) groups is 2. The number of rotatable bonds is 4. The lowest BCUT2D eigenvalue weighted by Gasteiger charge is -2.37. The molecule has 20 heavy (non-hydrogen) atoms. The molecule has 1 saturated heterocycles. The fourth-order valence-corrected chi connectivity index (χ4v) is 3.07. The molecule has 1 aliphatic carbocycles. The molecule has 0 aromatic rings. The number of carboxylic acid groups (broad SMARTS) is 1. The van der Waals surface area contributed by atoms with E-state index in [4.69, 9.17) is 10.8 Å². The Balaban J connectivity index is 1.73. The van der Waals surface area contributed by atoms with Crippen molar-refractivity contribution in [2.75, 3.05) is 32.7 Å². The van der Waals surface area contributed by atoms with E-state index in [2.05, 4.69) is 4.90 Å². The summed E-state index contributed by atoms with van der Waals surface area (Å²) in [7, 11) is 0. The maximum Gasteiger partial charge on any atom is 0.304 e. The molecule has 6 nitrogen and oxygen atoms in total. The topological polar surface area (TPSA) is 86.9 Å². The van der Waals surface area contributed by atoms with Crippen LogP contribution in [-0.2, 0) is 9.59 Å². The fourth-order valence-electron chi connectivity index (χ4n) is 3.07. The molecule has 2 aliphatic rings. The largest absolute Gasteiger partial charge is 0.481 e. The predicted molar refractivity (Wildman–Crippen MR) is 75.2 cm³/mol. The number of nitrogens with zero attached hydrogens (tertiary/aromatic N) is 2. The number of carbonyl (C=O) groups excluding carboxylic acids is 1. The molecule has 6 heteroatoms. The van der Waals surface area contributed by atoms with Gasteiger partial charge in [-0.25, -0.2) is 0 Å². The van der Waals surface area contributed by atoms with Crippen LogP contribution in [0.25, 0.3) is 0 Å². The van der Waals surface area contributed by atoms with Crippen LogP contribution in [0.1, 0.15) is 32.1 Å². The molecule has 0 unspecified atom stereocenters. The summed E-state index contributed by atoms with van der Waals surface area (Å²) in [6, 6.07) is 0.270. The molecule has 1 heterocycles. The summed E-state index contributed by atoms with van der Waals surface area (Å²) in [5.41, 5.74) is 5.87. The molecule has 0 bridgehead atoms. The van der Waals surface area contributed by atoms with Crippen molar-refractivity contribution in [1.82, 2.24) is 9.80 Å². The lowest BCUT2D eigenvalue weighted by molar-refractivity contribution is -0.140. The van der Waals surface area contributed by atoms with E-state index in [0.717, 1.165) is 51.9 Å². The first-order chi connectivity index (χ1) is 9.56. The Labute approximate surface area is 119 Å². The first-order valence-electron chi connectivity index (χ1n) is 7.55. The number of carboxylic acids is 1. The van der Waals surface area contributed by atoms with Crippen LogP contribution in [0.2, 0.25) is 0 Å². The second-order valence-corrected chi connectivity index (χ2v) is 5.92. The van der Waals surface area contributed by atoms with Gasteiger partial charge in [0.25, 0.3) is 0 Å². The van der Waals surface area contributed by atoms with E-state index < -0.39 is 5.97 Å². The minimum absolute atomic E-state index is 0.153. The summed E-state index contributed by atoms with van der Waals surface area (Å²) in [4.78, 5) is 27.0. The number of hydrogen-bond donors (Lipinski definition) is 2. The molecule has 0 atom stereocenters. The average Bonchev–Trinajstić information content (AvgIpc) is 2.46. The Hall–Kier alpha value is -1.14. The molecule has 1 aliphatic heterocycles. The first-order valence-corrected chi connectivity index (χ1v) is 7.55. The van der Waals surface area contributed by atoms with Crippen molar-refractivity contribution >= 4 is 11.9 Å². The van der Waals surface area contributed by atoms with Gasteiger partial charge >= 0.3 is 5.97 Å². The van der Waals surface area contributed by atoms with Crippen LogP contribution in [0.5, 0.6) is 0 Å². The summed E-state index contributed by atoms with van der Waals surface area (Å²) in [5.74, 6) is -0.336. The van der Waals surface area contributed by atoms with E-state index in [1.807, 2.05) is 4.90 Å². The molecular weight excluding hydrogens is 258 g/mol. The van der Waals surface area contributed by atoms with Gasteiger partial charge in [0.1, 0.15) is 0 Å². The van der Waals surface area contributed by atoms with E-state index in [9.17, 15) is 9.59 Å². The van der Waals surface area contributed by atoms with Crippen molar-refractivity contribution in [2.45, 2.75) is 38.1 Å². The number of hydrogen-bond acceptors (Lipinski definition) is 4. The maximum absolute atomic E-state index is 12.4. The summed E-state index contributed by atoms with van der Waals surface area (Å²) in [5, 5.41) is 8.67. The van der Waals surface area contributed by atoms with Crippen molar-refractivity contribution in [1.29, 1.82) is 0 Å². The third-order valence-electron chi connectivity index (χ3n) is 4.45. The standard InChI is InChI=1S/C14H25N3O3/c15-12-3-1-11(2-4-12)14(20)17-9-7-16(8-10-17)6-5-13(18)19/h11-12H,1-10,15H2,(H,18,19). The third-order valence-corrected chi connectivity index (χ3v) is 4.45. The van der Waals surface area contributed by atoms with E-state index in [1.54, 1.807) is 0 Å². The lowest BCUT2D eigenvalue weighted by atomic mass is 9.85. The highest BCUT2D eigenvalue weighted by atomic mass is 16.4. The highest BCUT2D eigenvalue weighted by Crippen LogP contribution is 2.25. The summed E-state index contributed by atoms with van der Waals surface area (Å²) >= 11 is 0. The molecule has 114 valence electrons. The van der Waals surface area contributed by atoms with Gasteiger partial charge in [-0.2, -0.15) is 0 Å². The van der Waals surface area contributed by atoms with E-state index >= 15 is 0 Å². The van der Waals surface area contributed by atoms with Crippen molar-refractivity contribution < 1.29 is 14.7 Å². The molecule has 0 spiro atoms. The van der Waals surface area contributed by atoms with Crippen LogP contribution < -0.4 is 5.73 Å². The minimum Gasteiger partial charge on any atom is -0.481 e. The van der Waals surface area contributed by atoms with Crippen LogP contribution in [0, 0.1) is 5.92 Å². The van der Waals surface area contributed by atoms with E-state index in [0.29, 0.717) is 6.54 Å². The number of aliphatic carboxylic acids is 1. The molecule has 2 rings (SSSR count). The zero-order chi connectivity index (χ0) is 14.5. The molecule has 1 amide bonds. The fraction of sp³-hybridized carbons (Fsp3) is 0.857. The molecule has 2 fully saturated rings. The van der Waals surface area contributed by atoms with Crippen molar-refractivity contribution in [2.24, 2.45) is 11.7 Å². The maximum atomic E-state index is 12.4. The van der Waals surface area contributed by atoms with Gasteiger partial charge in [0.2, 0.25) is 5.91 Å². The van der Waals surface area contributed by atoms with Gasteiger partial charge in [0, 0.05) is 44.7 Å². The van der Waals surface area contributed by atoms with Crippen LogP contribution in [0.15, 0.2) is 0 Å².